The van der Waals surface area contributed by atoms with Crippen molar-refractivity contribution in [3.05, 3.63) is 59.7 Å². The van der Waals surface area contributed by atoms with E-state index in [0.29, 0.717) is 29.0 Å². The maximum absolute atomic E-state index is 11.7. The number of aryl methyl sites for hydroxylation is 1. The number of ether oxygens (including phenoxy) is 1. The summed E-state index contributed by atoms with van der Waals surface area (Å²) < 4.78 is 5.46. The van der Waals surface area contributed by atoms with Crippen molar-refractivity contribution in [1.29, 1.82) is 0 Å². The monoisotopic (exact) mass is 307 g/mol. The zero-order valence-corrected chi connectivity index (χ0v) is 13.0. The van der Waals surface area contributed by atoms with E-state index < -0.39 is 5.97 Å². The molecular weight excluding hydrogens is 290 g/mol. The predicted octanol–water partition coefficient (Wildman–Crippen LogP) is 4.31. The van der Waals surface area contributed by atoms with E-state index in [4.69, 9.17) is 4.74 Å². The molecule has 0 spiro atoms. The molecule has 1 aromatic heterocycles. The van der Waals surface area contributed by atoms with Crippen LogP contribution in [0.4, 0.5) is 0 Å². The van der Waals surface area contributed by atoms with Crippen molar-refractivity contribution in [2.24, 2.45) is 0 Å². The summed E-state index contributed by atoms with van der Waals surface area (Å²) in [5.74, 6) is -0.327. The molecular formula is C19H17NO3. The summed E-state index contributed by atoms with van der Waals surface area (Å²) in [6, 6.07) is 14.8. The number of hydrogen-bond donors (Lipinski definition) is 1. The molecule has 3 rings (SSSR count). The first-order chi connectivity index (χ1) is 11.1. The Hall–Kier alpha value is -2.88. The van der Waals surface area contributed by atoms with Crippen molar-refractivity contribution < 1.29 is 14.6 Å². The highest BCUT2D eigenvalue weighted by molar-refractivity contribution is 6.04. The summed E-state index contributed by atoms with van der Waals surface area (Å²) in [6.45, 7) is 4.43. The molecule has 0 radical (unpaired) electrons. The van der Waals surface area contributed by atoms with Gasteiger partial charge in [0.15, 0.2) is 0 Å². The number of rotatable bonds is 4. The number of carbonyl (C=O) groups is 1. The van der Waals surface area contributed by atoms with Crippen LogP contribution in [0.1, 0.15) is 22.8 Å². The fourth-order valence-corrected chi connectivity index (χ4v) is 2.51. The van der Waals surface area contributed by atoms with Crippen LogP contribution in [-0.4, -0.2) is 22.7 Å². The SMILES string of the molecule is CCOc1ccc2nc(-c3ccc(C)cc3)cc(C(=O)O)c2c1. The fourth-order valence-electron chi connectivity index (χ4n) is 2.51. The summed E-state index contributed by atoms with van der Waals surface area (Å²) in [5.41, 5.74) is 3.57. The Morgan fingerprint density at radius 2 is 1.87 bits per heavy atom. The largest absolute Gasteiger partial charge is 0.494 e. The second-order valence-electron chi connectivity index (χ2n) is 5.34. The van der Waals surface area contributed by atoms with Gasteiger partial charge in [-0.05, 0) is 38.1 Å². The number of carboxylic acids is 1. The van der Waals surface area contributed by atoms with Gasteiger partial charge in [-0.25, -0.2) is 9.78 Å². The third-order valence-corrected chi connectivity index (χ3v) is 3.67. The van der Waals surface area contributed by atoms with E-state index >= 15 is 0 Å². The van der Waals surface area contributed by atoms with Gasteiger partial charge in [-0.2, -0.15) is 0 Å². The summed E-state index contributed by atoms with van der Waals surface area (Å²) in [5, 5.41) is 10.1. The number of benzene rings is 2. The van der Waals surface area contributed by atoms with Crippen molar-refractivity contribution in [2.75, 3.05) is 6.61 Å². The van der Waals surface area contributed by atoms with Gasteiger partial charge in [-0.3, -0.25) is 0 Å². The molecule has 0 aliphatic carbocycles. The molecule has 0 amide bonds. The summed E-state index contributed by atoms with van der Waals surface area (Å²) in [6.07, 6.45) is 0. The number of aromatic nitrogens is 1. The molecule has 0 unspecified atom stereocenters. The van der Waals surface area contributed by atoms with Gasteiger partial charge in [-0.1, -0.05) is 29.8 Å². The van der Waals surface area contributed by atoms with Crippen molar-refractivity contribution in [1.82, 2.24) is 4.98 Å². The minimum atomic E-state index is -0.973. The smallest absolute Gasteiger partial charge is 0.336 e. The Morgan fingerprint density at radius 3 is 2.52 bits per heavy atom. The van der Waals surface area contributed by atoms with Crippen LogP contribution in [0.3, 0.4) is 0 Å². The molecule has 0 atom stereocenters. The minimum Gasteiger partial charge on any atom is -0.494 e. The average Bonchev–Trinajstić information content (AvgIpc) is 2.54. The molecule has 3 aromatic rings. The number of fused-ring (bicyclic) bond motifs is 1. The lowest BCUT2D eigenvalue weighted by atomic mass is 10.0. The number of aromatic carboxylic acids is 1. The maximum Gasteiger partial charge on any atom is 0.336 e. The van der Waals surface area contributed by atoms with Gasteiger partial charge >= 0.3 is 5.97 Å². The molecule has 0 saturated heterocycles. The number of hydrogen-bond acceptors (Lipinski definition) is 3. The van der Waals surface area contributed by atoms with E-state index in [1.54, 1.807) is 18.2 Å². The van der Waals surface area contributed by atoms with Crippen LogP contribution in [0.5, 0.6) is 5.75 Å². The molecule has 1 N–H and O–H groups in total. The quantitative estimate of drug-likeness (QED) is 0.780. The van der Waals surface area contributed by atoms with Crippen LogP contribution < -0.4 is 4.74 Å². The Balaban J connectivity index is 2.20. The summed E-state index contributed by atoms with van der Waals surface area (Å²) >= 11 is 0. The lowest BCUT2D eigenvalue weighted by Gasteiger charge is -2.09. The van der Waals surface area contributed by atoms with Crippen molar-refractivity contribution >= 4 is 16.9 Å². The topological polar surface area (TPSA) is 59.4 Å². The Bertz CT molecular complexity index is 870. The third-order valence-electron chi connectivity index (χ3n) is 3.67. The van der Waals surface area contributed by atoms with Crippen molar-refractivity contribution in [2.45, 2.75) is 13.8 Å². The molecule has 0 fully saturated rings. The number of nitrogens with zero attached hydrogens (tertiary/aromatic N) is 1. The van der Waals surface area contributed by atoms with Crippen LogP contribution in [0.25, 0.3) is 22.2 Å². The first-order valence-corrected chi connectivity index (χ1v) is 7.46. The highest BCUT2D eigenvalue weighted by Crippen LogP contribution is 2.28. The van der Waals surface area contributed by atoms with Gasteiger partial charge in [0.25, 0.3) is 0 Å². The molecule has 116 valence electrons. The van der Waals surface area contributed by atoms with Gasteiger partial charge in [-0.15, -0.1) is 0 Å². The van der Waals surface area contributed by atoms with Crippen LogP contribution in [-0.2, 0) is 0 Å². The highest BCUT2D eigenvalue weighted by atomic mass is 16.5. The van der Waals surface area contributed by atoms with E-state index in [0.717, 1.165) is 11.1 Å². The summed E-state index contributed by atoms with van der Waals surface area (Å²) in [4.78, 5) is 16.3. The molecule has 0 aliphatic rings. The summed E-state index contributed by atoms with van der Waals surface area (Å²) in [7, 11) is 0. The van der Waals surface area contributed by atoms with E-state index in [1.807, 2.05) is 44.2 Å². The van der Waals surface area contributed by atoms with Crippen LogP contribution >= 0.6 is 0 Å². The van der Waals surface area contributed by atoms with Gasteiger partial charge in [0.2, 0.25) is 0 Å². The van der Waals surface area contributed by atoms with Gasteiger partial charge in [0.1, 0.15) is 5.75 Å². The Kier molecular flexibility index (Phi) is 3.98. The average molecular weight is 307 g/mol. The molecule has 4 nitrogen and oxygen atoms in total. The Morgan fingerprint density at radius 1 is 1.13 bits per heavy atom. The molecule has 23 heavy (non-hydrogen) atoms. The lowest BCUT2D eigenvalue weighted by Crippen LogP contribution is -2.01. The van der Waals surface area contributed by atoms with Crippen LogP contribution in [0.2, 0.25) is 0 Å². The van der Waals surface area contributed by atoms with Gasteiger partial charge in [0, 0.05) is 10.9 Å². The second kappa shape index (κ2) is 6.08. The van der Waals surface area contributed by atoms with E-state index in [2.05, 4.69) is 4.98 Å². The van der Waals surface area contributed by atoms with E-state index in [9.17, 15) is 9.90 Å². The minimum absolute atomic E-state index is 0.229. The second-order valence-corrected chi connectivity index (χ2v) is 5.34. The molecule has 0 bridgehead atoms. The number of carboxylic acid groups (broad SMARTS) is 1. The Labute approximate surface area is 134 Å². The van der Waals surface area contributed by atoms with E-state index in [1.165, 1.54) is 0 Å². The molecule has 2 aromatic carbocycles. The standard InChI is InChI=1S/C19H17NO3/c1-3-23-14-8-9-17-15(10-14)16(19(21)22)11-18(20-17)13-6-4-12(2)5-7-13/h4-11H,3H2,1-2H3,(H,21,22). The first kappa shape index (κ1) is 15.0. The molecule has 1 heterocycles. The van der Waals surface area contributed by atoms with Crippen LogP contribution in [0.15, 0.2) is 48.5 Å². The molecule has 0 aliphatic heterocycles. The first-order valence-electron chi connectivity index (χ1n) is 7.46. The maximum atomic E-state index is 11.7. The zero-order valence-electron chi connectivity index (χ0n) is 13.0. The third kappa shape index (κ3) is 3.01. The predicted molar refractivity (Wildman–Crippen MR) is 90.0 cm³/mol. The molecule has 0 saturated carbocycles. The normalized spacial score (nSPS) is 10.7. The number of pyridine rings is 1. The van der Waals surface area contributed by atoms with Crippen molar-refractivity contribution in [3.8, 4) is 17.0 Å². The lowest BCUT2D eigenvalue weighted by molar-refractivity contribution is 0.0699. The van der Waals surface area contributed by atoms with Gasteiger partial charge in [0.05, 0.1) is 23.4 Å². The molecule has 4 heteroatoms. The van der Waals surface area contributed by atoms with Crippen molar-refractivity contribution in [3.63, 3.8) is 0 Å². The highest BCUT2D eigenvalue weighted by Gasteiger charge is 2.14. The fraction of sp³-hybridized carbons (Fsp3) is 0.158. The van der Waals surface area contributed by atoms with Gasteiger partial charge < -0.3 is 9.84 Å². The van der Waals surface area contributed by atoms with Crippen LogP contribution in [0, 0.1) is 6.92 Å². The zero-order chi connectivity index (χ0) is 16.4. The van der Waals surface area contributed by atoms with E-state index in [-0.39, 0.29) is 5.56 Å².